The molecule has 0 saturated heterocycles. The Morgan fingerprint density at radius 3 is 2.56 bits per heavy atom. The van der Waals surface area contributed by atoms with Crippen molar-refractivity contribution in [2.45, 2.75) is 25.6 Å². The number of ether oxygens (including phenoxy) is 1. The summed E-state index contributed by atoms with van der Waals surface area (Å²) in [6.07, 6.45) is 0.594. The highest BCUT2D eigenvalue weighted by molar-refractivity contribution is 6.30. The standard InChI is InChI=1S/C23H19ClN2O/c1-15-7-9-16(10-8-15)20-14-21-19-13-18(24)11-12-22(19)27-23(26(21)25-20)17-5-3-2-4-6-17/h2-13,21,23H,14H2,1H3/t21-,23+/m0/s1. The molecule has 5 rings (SSSR count). The zero-order valence-electron chi connectivity index (χ0n) is 15.0. The molecule has 2 heterocycles. The van der Waals surface area contributed by atoms with Crippen LogP contribution < -0.4 is 4.74 Å². The normalized spacial score (nSPS) is 20.5. The molecule has 4 heteroatoms. The molecular weight excluding hydrogens is 356 g/mol. The van der Waals surface area contributed by atoms with Crippen LogP contribution in [0.25, 0.3) is 0 Å². The smallest absolute Gasteiger partial charge is 0.213 e. The molecule has 0 radical (unpaired) electrons. The van der Waals surface area contributed by atoms with E-state index in [1.807, 2.05) is 36.4 Å². The summed E-state index contributed by atoms with van der Waals surface area (Å²) >= 11 is 6.28. The second kappa shape index (κ2) is 6.43. The van der Waals surface area contributed by atoms with Crippen molar-refractivity contribution in [3.8, 4) is 5.75 Å². The van der Waals surface area contributed by atoms with Crippen LogP contribution in [0.1, 0.15) is 40.9 Å². The molecule has 0 amide bonds. The molecular formula is C23H19ClN2O. The van der Waals surface area contributed by atoms with Gasteiger partial charge in [-0.3, -0.25) is 0 Å². The van der Waals surface area contributed by atoms with Gasteiger partial charge in [-0.05, 0) is 30.7 Å². The van der Waals surface area contributed by atoms with Crippen LogP contribution in [0.5, 0.6) is 5.75 Å². The Labute approximate surface area is 163 Å². The summed E-state index contributed by atoms with van der Waals surface area (Å²) in [6, 6.07) is 24.8. The lowest BCUT2D eigenvalue weighted by Crippen LogP contribution is -2.33. The lowest BCUT2D eigenvalue weighted by Gasteiger charge is -2.38. The first-order chi connectivity index (χ1) is 13.2. The van der Waals surface area contributed by atoms with Crippen molar-refractivity contribution in [2.75, 3.05) is 0 Å². The molecule has 0 aliphatic carbocycles. The third-order valence-corrected chi connectivity index (χ3v) is 5.46. The molecule has 0 N–H and O–H groups in total. The van der Waals surface area contributed by atoms with Crippen LogP contribution in [0.3, 0.4) is 0 Å². The summed E-state index contributed by atoms with van der Waals surface area (Å²) in [5.41, 5.74) is 5.68. The molecule has 2 aliphatic rings. The molecule has 0 unspecified atom stereocenters. The van der Waals surface area contributed by atoms with Crippen LogP contribution in [-0.4, -0.2) is 10.7 Å². The van der Waals surface area contributed by atoms with E-state index in [1.54, 1.807) is 0 Å². The lowest BCUT2D eigenvalue weighted by molar-refractivity contribution is -0.0190. The summed E-state index contributed by atoms with van der Waals surface area (Å²) in [7, 11) is 0. The van der Waals surface area contributed by atoms with Gasteiger partial charge in [-0.2, -0.15) is 5.10 Å². The Balaban J connectivity index is 1.60. The van der Waals surface area contributed by atoms with E-state index in [0.717, 1.165) is 39.6 Å². The van der Waals surface area contributed by atoms with Crippen molar-refractivity contribution < 1.29 is 4.74 Å². The fourth-order valence-corrected chi connectivity index (χ4v) is 4.00. The number of fused-ring (bicyclic) bond motifs is 3. The van der Waals surface area contributed by atoms with Gasteiger partial charge in [-0.15, -0.1) is 0 Å². The number of hydrogen-bond acceptors (Lipinski definition) is 3. The van der Waals surface area contributed by atoms with Gasteiger partial charge in [0.2, 0.25) is 6.23 Å². The van der Waals surface area contributed by atoms with E-state index in [2.05, 4.69) is 48.3 Å². The van der Waals surface area contributed by atoms with E-state index in [4.69, 9.17) is 21.4 Å². The zero-order chi connectivity index (χ0) is 18.4. The average Bonchev–Trinajstić information content (AvgIpc) is 3.14. The second-order valence-corrected chi connectivity index (χ2v) is 7.51. The molecule has 0 saturated carbocycles. The highest BCUT2D eigenvalue weighted by Gasteiger charge is 2.40. The van der Waals surface area contributed by atoms with Gasteiger partial charge in [0.15, 0.2) is 0 Å². The Hall–Kier alpha value is -2.78. The van der Waals surface area contributed by atoms with Gasteiger partial charge in [0.1, 0.15) is 5.75 Å². The maximum atomic E-state index is 6.35. The Kier molecular flexibility index (Phi) is 3.91. The predicted molar refractivity (Wildman–Crippen MR) is 108 cm³/mol. The molecule has 134 valence electrons. The first-order valence-corrected chi connectivity index (χ1v) is 9.51. The number of hydrazone groups is 1. The first-order valence-electron chi connectivity index (χ1n) is 9.13. The number of hydrogen-bond donors (Lipinski definition) is 0. The van der Waals surface area contributed by atoms with Gasteiger partial charge in [0.25, 0.3) is 0 Å². The zero-order valence-corrected chi connectivity index (χ0v) is 15.7. The fraction of sp³-hybridized carbons (Fsp3) is 0.174. The molecule has 3 nitrogen and oxygen atoms in total. The number of aryl methyl sites for hydroxylation is 1. The third kappa shape index (κ3) is 2.88. The minimum atomic E-state index is -0.243. The van der Waals surface area contributed by atoms with Gasteiger partial charge < -0.3 is 4.74 Å². The van der Waals surface area contributed by atoms with Gasteiger partial charge in [0.05, 0.1) is 11.8 Å². The van der Waals surface area contributed by atoms with Gasteiger partial charge in [-0.1, -0.05) is 71.8 Å². The lowest BCUT2D eigenvalue weighted by atomic mass is 9.95. The van der Waals surface area contributed by atoms with E-state index in [0.29, 0.717) is 0 Å². The van der Waals surface area contributed by atoms with Crippen LogP contribution >= 0.6 is 11.6 Å². The number of halogens is 1. The monoisotopic (exact) mass is 374 g/mol. The van der Waals surface area contributed by atoms with Crippen LogP contribution in [0.15, 0.2) is 77.9 Å². The molecule has 0 spiro atoms. The van der Waals surface area contributed by atoms with E-state index >= 15 is 0 Å². The quantitative estimate of drug-likeness (QED) is 0.558. The van der Waals surface area contributed by atoms with E-state index in [-0.39, 0.29) is 12.3 Å². The number of nitrogens with zero attached hydrogens (tertiary/aromatic N) is 2. The minimum Gasteiger partial charge on any atom is -0.464 e. The molecule has 0 fully saturated rings. The molecule has 3 aromatic carbocycles. The summed E-state index contributed by atoms with van der Waals surface area (Å²) in [5.74, 6) is 0.884. The van der Waals surface area contributed by atoms with Gasteiger partial charge >= 0.3 is 0 Å². The van der Waals surface area contributed by atoms with E-state index in [1.165, 1.54) is 5.56 Å². The highest BCUT2D eigenvalue weighted by atomic mass is 35.5. The van der Waals surface area contributed by atoms with Crippen molar-refractivity contribution in [1.82, 2.24) is 5.01 Å². The Bertz CT molecular complexity index is 1010. The Morgan fingerprint density at radius 2 is 1.78 bits per heavy atom. The molecule has 2 atom stereocenters. The summed E-state index contributed by atoms with van der Waals surface area (Å²) in [4.78, 5) is 0. The van der Waals surface area contributed by atoms with Crippen LogP contribution in [0.4, 0.5) is 0 Å². The predicted octanol–water partition coefficient (Wildman–Crippen LogP) is 5.89. The Morgan fingerprint density at radius 1 is 1.00 bits per heavy atom. The van der Waals surface area contributed by atoms with Crippen molar-refractivity contribution in [3.05, 3.63) is 100 Å². The molecule has 3 aromatic rings. The number of benzene rings is 3. The van der Waals surface area contributed by atoms with Crippen molar-refractivity contribution in [1.29, 1.82) is 0 Å². The molecule has 0 bridgehead atoms. The van der Waals surface area contributed by atoms with Gasteiger partial charge in [-0.25, -0.2) is 5.01 Å². The average molecular weight is 375 g/mol. The summed E-state index contributed by atoms with van der Waals surface area (Å²) in [5, 5.41) is 7.79. The van der Waals surface area contributed by atoms with Crippen LogP contribution in [-0.2, 0) is 0 Å². The first kappa shape index (κ1) is 16.4. The largest absolute Gasteiger partial charge is 0.464 e. The molecule has 27 heavy (non-hydrogen) atoms. The van der Waals surface area contributed by atoms with E-state index < -0.39 is 0 Å². The SMILES string of the molecule is Cc1ccc(C2=NN3[C@@H](c4ccccc4)Oc4ccc(Cl)cc4[C@@H]3C2)cc1. The van der Waals surface area contributed by atoms with Crippen LogP contribution in [0, 0.1) is 6.92 Å². The summed E-state index contributed by atoms with van der Waals surface area (Å²) in [6.45, 7) is 2.10. The third-order valence-electron chi connectivity index (χ3n) is 5.22. The fourth-order valence-electron chi connectivity index (χ4n) is 3.82. The van der Waals surface area contributed by atoms with E-state index in [9.17, 15) is 0 Å². The number of rotatable bonds is 2. The maximum Gasteiger partial charge on any atom is 0.213 e. The molecule has 2 aliphatic heterocycles. The molecule has 0 aromatic heterocycles. The van der Waals surface area contributed by atoms with Gasteiger partial charge in [0, 0.05) is 22.6 Å². The van der Waals surface area contributed by atoms with Crippen LogP contribution in [0.2, 0.25) is 5.02 Å². The minimum absolute atomic E-state index is 0.119. The highest BCUT2D eigenvalue weighted by Crippen LogP contribution is 2.48. The topological polar surface area (TPSA) is 24.8 Å². The van der Waals surface area contributed by atoms with Crippen molar-refractivity contribution in [2.24, 2.45) is 5.10 Å². The van der Waals surface area contributed by atoms with Crippen molar-refractivity contribution >= 4 is 17.3 Å². The maximum absolute atomic E-state index is 6.35. The van der Waals surface area contributed by atoms with Crippen molar-refractivity contribution in [3.63, 3.8) is 0 Å². The second-order valence-electron chi connectivity index (χ2n) is 7.08. The summed E-state index contributed by atoms with van der Waals surface area (Å²) < 4.78 is 6.35.